The van der Waals surface area contributed by atoms with E-state index in [-0.39, 0.29) is 11.7 Å². The molecule has 1 unspecified atom stereocenters. The molecule has 0 aliphatic heterocycles. The minimum Gasteiger partial charge on any atom is -0.444 e. The molecule has 6 nitrogen and oxygen atoms in total. The van der Waals surface area contributed by atoms with Crippen molar-refractivity contribution >= 4 is 29.6 Å². The molecule has 0 aliphatic carbocycles. The Morgan fingerprint density at radius 3 is 2.09 bits per heavy atom. The molecular formula is C15H27NO5S. The average Bonchev–Trinajstić information content (AvgIpc) is 2.31. The number of Topliss-reactive ketones (excluding diaryl/α,β-unsaturated/α-hetero) is 1. The van der Waals surface area contributed by atoms with Crippen LogP contribution in [0.5, 0.6) is 0 Å². The lowest BCUT2D eigenvalue weighted by molar-refractivity contribution is -0.148. The Hall–Kier alpha value is -1.24. The summed E-state index contributed by atoms with van der Waals surface area (Å²) in [6.45, 7) is 10.4. The Kier molecular flexibility index (Phi) is 8.52. The summed E-state index contributed by atoms with van der Waals surface area (Å²) in [6.07, 6.45) is 1.45. The fourth-order valence-corrected chi connectivity index (χ4v) is 2.33. The predicted molar refractivity (Wildman–Crippen MR) is 86.7 cm³/mol. The van der Waals surface area contributed by atoms with Gasteiger partial charge in [-0.3, -0.25) is 9.59 Å². The van der Waals surface area contributed by atoms with Crippen molar-refractivity contribution in [1.29, 1.82) is 0 Å². The zero-order valence-corrected chi connectivity index (χ0v) is 15.2. The summed E-state index contributed by atoms with van der Waals surface area (Å²) in [5.41, 5.74) is -1.58. The first kappa shape index (κ1) is 20.8. The summed E-state index contributed by atoms with van der Waals surface area (Å²) >= 11 is 1.12. The second kappa shape index (κ2) is 9.02. The number of esters is 1. The van der Waals surface area contributed by atoms with E-state index >= 15 is 0 Å². The van der Waals surface area contributed by atoms with Gasteiger partial charge in [0.05, 0.1) is 6.04 Å². The molecule has 0 fully saturated rings. The summed E-state index contributed by atoms with van der Waals surface area (Å²) in [5, 5.41) is 2.58. The molecule has 0 aliphatic rings. The van der Waals surface area contributed by atoms with E-state index in [4.69, 9.17) is 9.47 Å². The van der Waals surface area contributed by atoms with Gasteiger partial charge in [-0.15, -0.1) is 11.8 Å². The van der Waals surface area contributed by atoms with Crippen LogP contribution in [-0.2, 0) is 19.1 Å². The fourth-order valence-electron chi connectivity index (χ4n) is 1.70. The van der Waals surface area contributed by atoms with Gasteiger partial charge >= 0.3 is 12.1 Å². The van der Waals surface area contributed by atoms with E-state index in [0.717, 1.165) is 11.8 Å². The largest absolute Gasteiger partial charge is 0.444 e. The number of carbonyl (C=O) groups excluding carboxylic acids is 3. The lowest BCUT2D eigenvalue weighted by Crippen LogP contribution is -2.47. The highest BCUT2D eigenvalue weighted by atomic mass is 32.2. The maximum Gasteiger partial charge on any atom is 0.408 e. The van der Waals surface area contributed by atoms with E-state index in [2.05, 4.69) is 5.32 Å². The van der Waals surface area contributed by atoms with E-state index in [1.165, 1.54) is 6.92 Å². The van der Waals surface area contributed by atoms with Crippen molar-refractivity contribution in [3.63, 3.8) is 0 Å². The van der Waals surface area contributed by atoms with Gasteiger partial charge in [0.1, 0.15) is 5.60 Å². The summed E-state index contributed by atoms with van der Waals surface area (Å²) in [5.74, 6) is -0.695. The first-order valence-corrected chi connectivity index (χ1v) is 8.48. The highest BCUT2D eigenvalue weighted by Crippen LogP contribution is 2.17. The van der Waals surface area contributed by atoms with Crippen molar-refractivity contribution in [3.8, 4) is 0 Å². The molecule has 7 heteroatoms. The van der Waals surface area contributed by atoms with Crippen LogP contribution in [-0.4, -0.2) is 41.2 Å². The molecule has 0 bridgehead atoms. The minimum atomic E-state index is -0.934. The second-order valence-electron chi connectivity index (χ2n) is 6.41. The van der Waals surface area contributed by atoms with Gasteiger partial charge in [0.15, 0.2) is 0 Å². The lowest BCUT2D eigenvalue weighted by atomic mass is 10.0. The molecule has 1 amide bonds. The van der Waals surface area contributed by atoms with Gasteiger partial charge in [-0.1, -0.05) is 13.8 Å². The number of ketones is 1. The minimum absolute atomic E-state index is 0.184. The molecule has 0 saturated carbocycles. The Morgan fingerprint density at radius 1 is 1.18 bits per heavy atom. The molecule has 0 heterocycles. The zero-order chi connectivity index (χ0) is 17.5. The maximum atomic E-state index is 12.5. The highest BCUT2D eigenvalue weighted by molar-refractivity contribution is 7.99. The molecule has 0 aromatic heterocycles. The molecule has 0 rings (SSSR count). The summed E-state index contributed by atoms with van der Waals surface area (Å²) < 4.78 is 10.2. The molecule has 0 saturated heterocycles. The van der Waals surface area contributed by atoms with Gasteiger partial charge in [0.25, 0.3) is 0 Å². The van der Waals surface area contributed by atoms with Gasteiger partial charge in [0.2, 0.25) is 11.2 Å². The van der Waals surface area contributed by atoms with Gasteiger partial charge in [0, 0.05) is 6.92 Å². The number of hydrogen-bond acceptors (Lipinski definition) is 6. The number of thioether (sulfide) groups is 1. The molecule has 0 radical (unpaired) electrons. The molecule has 0 aromatic carbocycles. The lowest BCUT2D eigenvalue weighted by Gasteiger charge is -2.25. The van der Waals surface area contributed by atoms with Crippen molar-refractivity contribution < 1.29 is 23.9 Å². The quantitative estimate of drug-likeness (QED) is 0.570. The normalized spacial score (nSPS) is 14.2. The Balaban J connectivity index is 4.98. The molecule has 1 N–H and O–H groups in total. The number of hydrogen-bond donors (Lipinski definition) is 1. The molecular weight excluding hydrogens is 306 g/mol. The topological polar surface area (TPSA) is 81.7 Å². The van der Waals surface area contributed by atoms with E-state index in [0.29, 0.717) is 6.42 Å². The number of nitrogens with one attached hydrogen (secondary N) is 1. The molecule has 128 valence electrons. The number of carbonyl (C=O) groups is 3. The second-order valence-corrected chi connectivity index (χ2v) is 7.31. The van der Waals surface area contributed by atoms with Crippen LogP contribution in [0.2, 0.25) is 0 Å². The summed E-state index contributed by atoms with van der Waals surface area (Å²) in [6, 6.07) is -0.758. The third-order valence-electron chi connectivity index (χ3n) is 2.46. The van der Waals surface area contributed by atoms with E-state index in [1.54, 1.807) is 27.0 Å². The number of amides is 1. The van der Waals surface area contributed by atoms with Crippen molar-refractivity contribution in [3.05, 3.63) is 0 Å². The standard InChI is InChI=1S/C15H27NO5S/c1-9(2)8-11(16-14(19)21-15(4,5)6)12(18)13(22-7)20-10(3)17/h9,11,13H,8H2,1-7H3,(H,16,19)/t11-,13?/m0/s1. The van der Waals surface area contributed by atoms with Crippen LogP contribution in [0.15, 0.2) is 0 Å². The Morgan fingerprint density at radius 2 is 1.73 bits per heavy atom. The van der Waals surface area contributed by atoms with Gasteiger partial charge < -0.3 is 14.8 Å². The van der Waals surface area contributed by atoms with Crippen LogP contribution in [0.3, 0.4) is 0 Å². The van der Waals surface area contributed by atoms with E-state index < -0.39 is 29.1 Å². The average molecular weight is 333 g/mol. The van der Waals surface area contributed by atoms with Crippen LogP contribution in [0.4, 0.5) is 4.79 Å². The monoisotopic (exact) mass is 333 g/mol. The number of ether oxygens (including phenoxy) is 2. The molecule has 0 spiro atoms. The first-order chi connectivity index (χ1) is 9.96. The summed E-state index contributed by atoms with van der Waals surface area (Å²) in [4.78, 5) is 35.4. The van der Waals surface area contributed by atoms with Crippen LogP contribution in [0.1, 0.15) is 48.0 Å². The van der Waals surface area contributed by atoms with Crippen molar-refractivity contribution in [2.75, 3.05) is 6.26 Å². The van der Waals surface area contributed by atoms with E-state index in [9.17, 15) is 14.4 Å². The van der Waals surface area contributed by atoms with Crippen molar-refractivity contribution in [2.24, 2.45) is 5.92 Å². The zero-order valence-electron chi connectivity index (χ0n) is 14.4. The van der Waals surface area contributed by atoms with E-state index in [1.807, 2.05) is 13.8 Å². The smallest absolute Gasteiger partial charge is 0.408 e. The number of rotatable bonds is 7. The van der Waals surface area contributed by atoms with Gasteiger partial charge in [-0.2, -0.15) is 0 Å². The van der Waals surface area contributed by atoms with Crippen LogP contribution in [0, 0.1) is 5.92 Å². The van der Waals surface area contributed by atoms with Crippen LogP contribution < -0.4 is 5.32 Å². The maximum absolute atomic E-state index is 12.5. The third-order valence-corrected chi connectivity index (χ3v) is 3.22. The van der Waals surface area contributed by atoms with Gasteiger partial charge in [-0.25, -0.2) is 4.79 Å². The SMILES string of the molecule is CSC(OC(C)=O)C(=O)[C@H](CC(C)C)NC(=O)OC(C)(C)C. The Bertz CT molecular complexity index is 403. The van der Waals surface area contributed by atoms with Crippen LogP contribution >= 0.6 is 11.8 Å². The molecule has 0 aromatic rings. The van der Waals surface area contributed by atoms with Crippen molar-refractivity contribution in [1.82, 2.24) is 5.32 Å². The van der Waals surface area contributed by atoms with Crippen LogP contribution in [0.25, 0.3) is 0 Å². The first-order valence-electron chi connectivity index (χ1n) is 7.19. The summed E-state index contributed by atoms with van der Waals surface area (Å²) in [7, 11) is 0. The predicted octanol–water partition coefficient (Wildman–Crippen LogP) is 2.75. The van der Waals surface area contributed by atoms with Crippen molar-refractivity contribution in [2.45, 2.75) is 65.0 Å². The van der Waals surface area contributed by atoms with Gasteiger partial charge in [-0.05, 0) is 39.4 Å². The highest BCUT2D eigenvalue weighted by Gasteiger charge is 2.31. The Labute approximate surface area is 136 Å². The number of alkyl carbamates (subject to hydrolysis) is 1. The molecule has 2 atom stereocenters. The molecule has 22 heavy (non-hydrogen) atoms. The third kappa shape index (κ3) is 8.92. The fraction of sp³-hybridized carbons (Fsp3) is 0.800.